The van der Waals surface area contributed by atoms with Crippen molar-refractivity contribution in [3.63, 3.8) is 0 Å². The minimum Gasteiger partial charge on any atom is -0.371 e. The van der Waals surface area contributed by atoms with Crippen molar-refractivity contribution in [1.82, 2.24) is 5.32 Å². The van der Waals surface area contributed by atoms with Crippen molar-refractivity contribution in [2.24, 2.45) is 5.73 Å². The molecule has 4 heteroatoms. The van der Waals surface area contributed by atoms with E-state index < -0.39 is 0 Å². The molecule has 0 saturated carbocycles. The van der Waals surface area contributed by atoms with Gasteiger partial charge in [0.1, 0.15) is 0 Å². The summed E-state index contributed by atoms with van der Waals surface area (Å²) in [6.07, 6.45) is 2.81. The lowest BCUT2D eigenvalue weighted by Crippen LogP contribution is -2.36. The van der Waals surface area contributed by atoms with Crippen LogP contribution in [0.3, 0.4) is 0 Å². The molecule has 1 heterocycles. The Labute approximate surface area is 121 Å². The molecule has 1 aliphatic rings. The molecule has 0 fully saturated rings. The lowest BCUT2D eigenvalue weighted by atomic mass is 9.99. The van der Waals surface area contributed by atoms with Gasteiger partial charge in [0.15, 0.2) is 0 Å². The molecule has 0 aliphatic carbocycles. The molecule has 0 saturated heterocycles. The van der Waals surface area contributed by atoms with Crippen LogP contribution in [0.4, 0.5) is 5.69 Å². The number of carbonyl (C=O) groups is 1. The minimum absolute atomic E-state index is 0.130. The number of nitrogens with one attached hydrogen (secondary N) is 1. The highest BCUT2D eigenvalue weighted by Gasteiger charge is 2.17. The highest BCUT2D eigenvalue weighted by atomic mass is 16.1. The molecule has 1 aromatic rings. The van der Waals surface area contributed by atoms with Crippen molar-refractivity contribution in [2.75, 3.05) is 18.0 Å². The van der Waals surface area contributed by atoms with Crippen molar-refractivity contribution in [3.8, 4) is 0 Å². The van der Waals surface area contributed by atoms with Gasteiger partial charge in [-0.15, -0.1) is 0 Å². The van der Waals surface area contributed by atoms with Crippen LogP contribution >= 0.6 is 0 Å². The Morgan fingerprint density at radius 2 is 2.25 bits per heavy atom. The van der Waals surface area contributed by atoms with Gasteiger partial charge in [0, 0.05) is 37.8 Å². The quantitative estimate of drug-likeness (QED) is 0.861. The van der Waals surface area contributed by atoms with Crippen molar-refractivity contribution in [1.29, 1.82) is 0 Å². The van der Waals surface area contributed by atoms with Crippen molar-refractivity contribution < 1.29 is 4.79 Å². The lowest BCUT2D eigenvalue weighted by molar-refractivity contribution is -0.121. The Morgan fingerprint density at radius 3 is 2.95 bits per heavy atom. The van der Waals surface area contributed by atoms with E-state index >= 15 is 0 Å². The van der Waals surface area contributed by atoms with Gasteiger partial charge in [-0.2, -0.15) is 0 Å². The largest absolute Gasteiger partial charge is 0.371 e. The normalized spacial score (nSPS) is 14.3. The molecule has 0 unspecified atom stereocenters. The van der Waals surface area contributed by atoms with E-state index in [0.717, 1.165) is 25.9 Å². The third-order valence-corrected chi connectivity index (χ3v) is 3.65. The minimum atomic E-state index is 0.130. The van der Waals surface area contributed by atoms with Crippen LogP contribution in [0.2, 0.25) is 0 Å². The second-order valence-electron chi connectivity index (χ2n) is 5.73. The van der Waals surface area contributed by atoms with Crippen LogP contribution in [0.25, 0.3) is 0 Å². The summed E-state index contributed by atoms with van der Waals surface area (Å²) in [4.78, 5) is 14.1. The molecule has 0 aromatic heterocycles. The van der Waals surface area contributed by atoms with Crippen LogP contribution in [0.5, 0.6) is 0 Å². The molecular formula is C16H25N3O. The zero-order chi connectivity index (χ0) is 14.5. The van der Waals surface area contributed by atoms with Crippen LogP contribution in [-0.4, -0.2) is 25.0 Å². The average Bonchev–Trinajstić information content (AvgIpc) is 2.43. The molecule has 4 nitrogen and oxygen atoms in total. The number of nitrogens with two attached hydrogens (primary N) is 1. The van der Waals surface area contributed by atoms with Gasteiger partial charge in [-0.25, -0.2) is 0 Å². The molecule has 20 heavy (non-hydrogen) atoms. The molecule has 110 valence electrons. The maximum atomic E-state index is 11.8. The summed E-state index contributed by atoms with van der Waals surface area (Å²) >= 11 is 0. The Balaban J connectivity index is 2.00. The first-order chi connectivity index (χ1) is 9.60. The van der Waals surface area contributed by atoms with Crippen LogP contribution in [0.1, 0.15) is 37.8 Å². The number of amides is 1. The second-order valence-corrected chi connectivity index (χ2v) is 5.73. The number of nitrogens with zero attached hydrogens (tertiary/aromatic N) is 1. The number of hydrogen-bond donors (Lipinski definition) is 2. The standard InChI is InChI=1S/C16H25N3O/c1-12(2)18-16(20)7-9-19-8-3-4-14-10-13(11-17)5-6-15(14)19/h5-6,10,12H,3-4,7-9,11,17H2,1-2H3,(H,18,20). The maximum Gasteiger partial charge on any atom is 0.221 e. The molecule has 0 bridgehead atoms. The predicted molar refractivity (Wildman–Crippen MR) is 82.8 cm³/mol. The van der Waals surface area contributed by atoms with E-state index in [2.05, 4.69) is 28.4 Å². The van der Waals surface area contributed by atoms with E-state index in [1.165, 1.54) is 16.8 Å². The molecular weight excluding hydrogens is 250 g/mol. The Morgan fingerprint density at radius 1 is 1.45 bits per heavy atom. The van der Waals surface area contributed by atoms with E-state index in [-0.39, 0.29) is 11.9 Å². The summed E-state index contributed by atoms with van der Waals surface area (Å²) in [5, 5.41) is 2.94. The lowest BCUT2D eigenvalue weighted by Gasteiger charge is -2.31. The fourth-order valence-corrected chi connectivity index (χ4v) is 2.72. The van der Waals surface area contributed by atoms with Gasteiger partial charge < -0.3 is 16.0 Å². The Bertz CT molecular complexity index is 471. The Hall–Kier alpha value is -1.55. The van der Waals surface area contributed by atoms with E-state index in [9.17, 15) is 4.79 Å². The van der Waals surface area contributed by atoms with Crippen molar-refractivity contribution in [2.45, 2.75) is 45.7 Å². The molecule has 2 rings (SSSR count). The molecule has 0 radical (unpaired) electrons. The van der Waals surface area contributed by atoms with Crippen LogP contribution < -0.4 is 16.0 Å². The predicted octanol–water partition coefficient (Wildman–Crippen LogP) is 1.81. The number of anilines is 1. The third kappa shape index (κ3) is 3.73. The van der Waals surface area contributed by atoms with Crippen LogP contribution in [0, 0.1) is 0 Å². The fraction of sp³-hybridized carbons (Fsp3) is 0.562. The zero-order valence-electron chi connectivity index (χ0n) is 12.5. The molecule has 3 N–H and O–H groups in total. The summed E-state index contributed by atoms with van der Waals surface area (Å²) in [7, 11) is 0. The van der Waals surface area contributed by atoms with Crippen molar-refractivity contribution in [3.05, 3.63) is 29.3 Å². The summed E-state index contributed by atoms with van der Waals surface area (Å²) in [6.45, 7) is 6.38. The summed E-state index contributed by atoms with van der Waals surface area (Å²) < 4.78 is 0. The van der Waals surface area contributed by atoms with Gasteiger partial charge in [-0.05, 0) is 43.9 Å². The molecule has 1 aliphatic heterocycles. The van der Waals surface area contributed by atoms with Gasteiger partial charge >= 0.3 is 0 Å². The fourth-order valence-electron chi connectivity index (χ4n) is 2.72. The summed E-state index contributed by atoms with van der Waals surface area (Å²) in [6, 6.07) is 6.65. The molecule has 0 atom stereocenters. The van der Waals surface area contributed by atoms with E-state index in [0.29, 0.717) is 13.0 Å². The van der Waals surface area contributed by atoms with Crippen LogP contribution in [0.15, 0.2) is 18.2 Å². The van der Waals surface area contributed by atoms with Gasteiger partial charge in [-0.3, -0.25) is 4.79 Å². The van der Waals surface area contributed by atoms with Crippen molar-refractivity contribution >= 4 is 11.6 Å². The van der Waals surface area contributed by atoms with Gasteiger partial charge in [-0.1, -0.05) is 12.1 Å². The Kier molecular flexibility index (Phi) is 5.01. The topological polar surface area (TPSA) is 58.4 Å². The number of carbonyl (C=O) groups excluding carboxylic acids is 1. The monoisotopic (exact) mass is 275 g/mol. The SMILES string of the molecule is CC(C)NC(=O)CCN1CCCc2cc(CN)ccc21. The van der Waals surface area contributed by atoms with Gasteiger partial charge in [0.2, 0.25) is 5.91 Å². The second kappa shape index (κ2) is 6.75. The average molecular weight is 275 g/mol. The number of benzene rings is 1. The number of rotatable bonds is 5. The maximum absolute atomic E-state index is 11.8. The van der Waals surface area contributed by atoms with E-state index in [1.807, 2.05) is 13.8 Å². The highest BCUT2D eigenvalue weighted by molar-refractivity contribution is 5.77. The first-order valence-corrected chi connectivity index (χ1v) is 7.46. The summed E-state index contributed by atoms with van der Waals surface area (Å²) in [5.41, 5.74) is 9.51. The van der Waals surface area contributed by atoms with E-state index in [1.54, 1.807) is 0 Å². The zero-order valence-corrected chi connectivity index (χ0v) is 12.5. The van der Waals surface area contributed by atoms with Crippen LogP contribution in [-0.2, 0) is 17.8 Å². The van der Waals surface area contributed by atoms with Gasteiger partial charge in [0.25, 0.3) is 0 Å². The number of fused-ring (bicyclic) bond motifs is 1. The first kappa shape index (κ1) is 14.9. The summed E-state index contributed by atoms with van der Waals surface area (Å²) in [5.74, 6) is 0.130. The first-order valence-electron chi connectivity index (χ1n) is 7.46. The smallest absolute Gasteiger partial charge is 0.221 e. The molecule has 1 amide bonds. The van der Waals surface area contributed by atoms with Gasteiger partial charge in [0.05, 0.1) is 0 Å². The molecule has 0 spiro atoms. The number of aryl methyl sites for hydroxylation is 1. The van der Waals surface area contributed by atoms with E-state index in [4.69, 9.17) is 5.73 Å². The molecule has 1 aromatic carbocycles. The third-order valence-electron chi connectivity index (χ3n) is 3.65. The highest BCUT2D eigenvalue weighted by Crippen LogP contribution is 2.28. The number of hydrogen-bond acceptors (Lipinski definition) is 3.